The number of aliphatic carboxylic acids is 1. The number of phenols is 1. The summed E-state index contributed by atoms with van der Waals surface area (Å²) in [6.07, 6.45) is 1.57. The van der Waals surface area contributed by atoms with Crippen molar-refractivity contribution in [3.8, 4) is 11.4 Å². The molecule has 9 heteroatoms. The predicted octanol–water partition coefficient (Wildman–Crippen LogP) is 1.02. The lowest BCUT2D eigenvalue weighted by Crippen LogP contribution is -2.48. The van der Waals surface area contributed by atoms with Crippen LogP contribution in [0.15, 0.2) is 48.8 Å². The standard InChI is InChI=1S/C18H15N5O4/c24-16-6-5-13(23-10-19-20-21-23)8-14(16)17(25)22-9-12-4-2-1-3-11(12)7-15(22)18(26)27/h1-6,8,10,15,24H,7,9H2,(H,26,27)/t15-/m0/s1. The van der Waals surface area contributed by atoms with Crippen LogP contribution in [0.5, 0.6) is 5.75 Å². The van der Waals surface area contributed by atoms with Gasteiger partial charge in [0.05, 0.1) is 11.3 Å². The van der Waals surface area contributed by atoms with Crippen molar-refractivity contribution in [2.75, 3.05) is 0 Å². The first-order valence-corrected chi connectivity index (χ1v) is 8.21. The molecule has 1 aliphatic rings. The zero-order chi connectivity index (χ0) is 19.0. The topological polar surface area (TPSA) is 121 Å². The fourth-order valence-corrected chi connectivity index (χ4v) is 3.23. The van der Waals surface area contributed by atoms with Crippen LogP contribution < -0.4 is 0 Å². The Morgan fingerprint density at radius 2 is 1.89 bits per heavy atom. The lowest BCUT2D eigenvalue weighted by atomic mass is 9.93. The van der Waals surface area contributed by atoms with Crippen LogP contribution in [0, 0.1) is 0 Å². The lowest BCUT2D eigenvalue weighted by molar-refractivity contribution is -0.142. The zero-order valence-electron chi connectivity index (χ0n) is 14.1. The number of rotatable bonds is 3. The number of hydrogen-bond acceptors (Lipinski definition) is 6. The molecule has 2 heterocycles. The summed E-state index contributed by atoms with van der Waals surface area (Å²) in [6, 6.07) is 10.8. The number of tetrazole rings is 1. The molecule has 9 nitrogen and oxygen atoms in total. The van der Waals surface area contributed by atoms with E-state index in [1.54, 1.807) is 6.07 Å². The third kappa shape index (κ3) is 2.99. The summed E-state index contributed by atoms with van der Waals surface area (Å²) in [7, 11) is 0. The monoisotopic (exact) mass is 365 g/mol. The molecule has 0 fully saturated rings. The smallest absolute Gasteiger partial charge is 0.326 e. The fourth-order valence-electron chi connectivity index (χ4n) is 3.23. The minimum Gasteiger partial charge on any atom is -0.507 e. The third-order valence-electron chi connectivity index (χ3n) is 4.62. The number of aromatic hydroxyl groups is 1. The minimum absolute atomic E-state index is 0.00590. The van der Waals surface area contributed by atoms with Crippen LogP contribution in [-0.2, 0) is 17.8 Å². The van der Waals surface area contributed by atoms with Gasteiger partial charge in [0.15, 0.2) is 0 Å². The van der Waals surface area contributed by atoms with E-state index in [4.69, 9.17) is 0 Å². The number of fused-ring (bicyclic) bond motifs is 1. The Labute approximate surface area is 153 Å². The molecular weight excluding hydrogens is 350 g/mol. The van der Waals surface area contributed by atoms with E-state index in [2.05, 4.69) is 15.5 Å². The van der Waals surface area contributed by atoms with Gasteiger partial charge in [0.2, 0.25) is 0 Å². The molecule has 2 aromatic carbocycles. The molecule has 1 aromatic heterocycles. The van der Waals surface area contributed by atoms with Crippen LogP contribution in [0.4, 0.5) is 0 Å². The van der Waals surface area contributed by atoms with Gasteiger partial charge in [-0.25, -0.2) is 9.48 Å². The summed E-state index contributed by atoms with van der Waals surface area (Å²) >= 11 is 0. The third-order valence-corrected chi connectivity index (χ3v) is 4.62. The number of carbonyl (C=O) groups is 2. The highest BCUT2D eigenvalue weighted by molar-refractivity contribution is 5.99. The fraction of sp³-hybridized carbons (Fsp3) is 0.167. The highest BCUT2D eigenvalue weighted by Crippen LogP contribution is 2.28. The zero-order valence-corrected chi connectivity index (χ0v) is 14.1. The average molecular weight is 365 g/mol. The molecule has 27 heavy (non-hydrogen) atoms. The first-order valence-electron chi connectivity index (χ1n) is 8.21. The molecule has 0 bridgehead atoms. The molecular formula is C18H15N5O4. The first kappa shape index (κ1) is 16.7. The van der Waals surface area contributed by atoms with E-state index in [9.17, 15) is 19.8 Å². The van der Waals surface area contributed by atoms with Gasteiger partial charge in [-0.2, -0.15) is 0 Å². The Hall–Kier alpha value is -3.75. The van der Waals surface area contributed by atoms with Crippen molar-refractivity contribution >= 4 is 11.9 Å². The lowest BCUT2D eigenvalue weighted by Gasteiger charge is -2.34. The average Bonchev–Trinajstić information content (AvgIpc) is 3.21. The predicted molar refractivity (Wildman–Crippen MR) is 92.3 cm³/mol. The Bertz CT molecular complexity index is 1020. The molecule has 1 atom stereocenters. The molecule has 0 spiro atoms. The van der Waals surface area contributed by atoms with Crippen LogP contribution in [-0.4, -0.2) is 53.2 Å². The maximum Gasteiger partial charge on any atom is 0.326 e. The molecule has 0 aliphatic carbocycles. The summed E-state index contributed by atoms with van der Waals surface area (Å²) in [5, 5.41) is 30.7. The Kier molecular flexibility index (Phi) is 4.03. The second-order valence-electron chi connectivity index (χ2n) is 6.22. The summed E-state index contributed by atoms with van der Waals surface area (Å²) < 4.78 is 1.34. The van der Waals surface area contributed by atoms with Gasteiger partial charge in [0.25, 0.3) is 5.91 Å². The molecule has 0 saturated carbocycles. The van der Waals surface area contributed by atoms with Crippen LogP contribution in [0.2, 0.25) is 0 Å². The Morgan fingerprint density at radius 1 is 1.11 bits per heavy atom. The van der Waals surface area contributed by atoms with Crippen molar-refractivity contribution in [3.63, 3.8) is 0 Å². The van der Waals surface area contributed by atoms with Crippen molar-refractivity contribution in [2.45, 2.75) is 19.0 Å². The quantitative estimate of drug-likeness (QED) is 0.710. The van der Waals surface area contributed by atoms with E-state index in [1.165, 1.54) is 28.0 Å². The van der Waals surface area contributed by atoms with Crippen LogP contribution in [0.1, 0.15) is 21.5 Å². The van der Waals surface area contributed by atoms with Gasteiger partial charge in [0, 0.05) is 13.0 Å². The number of nitrogens with zero attached hydrogens (tertiary/aromatic N) is 5. The van der Waals surface area contributed by atoms with Crippen molar-refractivity contribution in [3.05, 3.63) is 65.5 Å². The summed E-state index contributed by atoms with van der Waals surface area (Å²) in [6.45, 7) is 0.153. The van der Waals surface area contributed by atoms with Crippen molar-refractivity contribution in [2.24, 2.45) is 0 Å². The Morgan fingerprint density at radius 3 is 2.59 bits per heavy atom. The van der Waals surface area contributed by atoms with Gasteiger partial charge in [-0.3, -0.25) is 4.79 Å². The van der Waals surface area contributed by atoms with E-state index in [-0.39, 0.29) is 24.3 Å². The van der Waals surface area contributed by atoms with Gasteiger partial charge in [-0.1, -0.05) is 24.3 Å². The number of carboxylic acids is 1. The molecule has 1 amide bonds. The molecule has 3 aromatic rings. The summed E-state index contributed by atoms with van der Waals surface area (Å²) in [5.74, 6) is -1.89. The SMILES string of the molecule is O=C(O)[C@@H]1Cc2ccccc2CN1C(=O)c1cc(-n2cnnn2)ccc1O. The molecule has 136 valence electrons. The molecule has 2 N–H and O–H groups in total. The number of carbonyl (C=O) groups excluding carboxylic acids is 1. The summed E-state index contributed by atoms with van der Waals surface area (Å²) in [4.78, 5) is 26.1. The first-order chi connectivity index (χ1) is 13.0. The van der Waals surface area contributed by atoms with E-state index in [1.807, 2.05) is 24.3 Å². The second kappa shape index (κ2) is 6.52. The van der Waals surface area contributed by atoms with E-state index < -0.39 is 17.9 Å². The van der Waals surface area contributed by atoms with Gasteiger partial charge >= 0.3 is 5.97 Å². The highest BCUT2D eigenvalue weighted by atomic mass is 16.4. The van der Waals surface area contributed by atoms with Crippen molar-refractivity contribution in [1.29, 1.82) is 0 Å². The molecule has 0 saturated heterocycles. The molecule has 0 unspecified atom stereocenters. The molecule has 0 radical (unpaired) electrons. The largest absolute Gasteiger partial charge is 0.507 e. The van der Waals surface area contributed by atoms with E-state index in [0.717, 1.165) is 11.1 Å². The van der Waals surface area contributed by atoms with Crippen molar-refractivity contribution < 1.29 is 19.8 Å². The normalized spacial score (nSPS) is 16.0. The Balaban J connectivity index is 1.73. The second-order valence-corrected chi connectivity index (χ2v) is 6.22. The molecule has 1 aliphatic heterocycles. The minimum atomic E-state index is -1.09. The van der Waals surface area contributed by atoms with Crippen LogP contribution >= 0.6 is 0 Å². The van der Waals surface area contributed by atoms with E-state index >= 15 is 0 Å². The number of carboxylic acid groups (broad SMARTS) is 1. The van der Waals surface area contributed by atoms with Gasteiger partial charge < -0.3 is 15.1 Å². The number of benzene rings is 2. The van der Waals surface area contributed by atoms with E-state index in [0.29, 0.717) is 5.69 Å². The number of hydrogen-bond donors (Lipinski definition) is 2. The van der Waals surface area contributed by atoms with Crippen LogP contribution in [0.25, 0.3) is 5.69 Å². The highest BCUT2D eigenvalue weighted by Gasteiger charge is 2.35. The maximum absolute atomic E-state index is 13.1. The summed E-state index contributed by atoms with van der Waals surface area (Å²) in [5.41, 5.74) is 2.26. The van der Waals surface area contributed by atoms with Gasteiger partial charge in [0.1, 0.15) is 18.1 Å². The van der Waals surface area contributed by atoms with Crippen molar-refractivity contribution in [1.82, 2.24) is 25.1 Å². The maximum atomic E-state index is 13.1. The number of phenolic OH excluding ortho intramolecular Hbond substituents is 1. The van der Waals surface area contributed by atoms with Crippen LogP contribution in [0.3, 0.4) is 0 Å². The number of aromatic nitrogens is 4. The van der Waals surface area contributed by atoms with Gasteiger partial charge in [-0.15, -0.1) is 5.10 Å². The number of amides is 1. The van der Waals surface area contributed by atoms with Gasteiger partial charge in [-0.05, 0) is 39.8 Å². The molecule has 4 rings (SSSR count).